The second kappa shape index (κ2) is 8.37. The lowest BCUT2D eigenvalue weighted by atomic mass is 9.86. The Morgan fingerprint density at radius 3 is 2.60 bits per heavy atom. The molecular weight excluding hydrogens is 404 g/mol. The SMILES string of the molecule is C/C(=N\O)c1cnc(C)nc1C1CCN(C(=O)Cc2c(F)cccc2F)CC1(F)F. The Kier molecular flexibility index (Phi) is 6.04. The zero-order valence-corrected chi connectivity index (χ0v) is 16.4. The molecule has 2 heterocycles. The topological polar surface area (TPSA) is 78.7 Å². The van der Waals surface area contributed by atoms with Crippen LogP contribution in [0.25, 0.3) is 0 Å². The molecule has 1 aromatic carbocycles. The minimum Gasteiger partial charge on any atom is -0.411 e. The van der Waals surface area contributed by atoms with E-state index in [0.717, 1.165) is 23.1 Å². The standard InChI is InChI=1S/C20H20F4N4O2/c1-11(27-30)14-9-25-12(2)26-19(14)15-6-7-28(10-20(15,23)24)18(29)8-13-16(21)4-3-5-17(13)22/h3-5,9,15,30H,6-8,10H2,1-2H3/b27-11+. The third kappa shape index (κ3) is 4.27. The number of carbonyl (C=O) groups is 1. The summed E-state index contributed by atoms with van der Waals surface area (Å²) in [6.45, 7) is 2.05. The fourth-order valence-corrected chi connectivity index (χ4v) is 3.54. The van der Waals surface area contributed by atoms with E-state index in [1.165, 1.54) is 13.1 Å². The molecular formula is C20H20F4N4O2. The summed E-state index contributed by atoms with van der Waals surface area (Å²) < 4.78 is 57.7. The largest absolute Gasteiger partial charge is 0.411 e. The Labute approximate surface area is 170 Å². The van der Waals surface area contributed by atoms with Crippen molar-refractivity contribution in [2.75, 3.05) is 13.1 Å². The van der Waals surface area contributed by atoms with Gasteiger partial charge in [-0.05, 0) is 32.4 Å². The first kappa shape index (κ1) is 21.7. The molecule has 1 N–H and O–H groups in total. The summed E-state index contributed by atoms with van der Waals surface area (Å²) in [5, 5.41) is 12.1. The van der Waals surface area contributed by atoms with Gasteiger partial charge in [0.2, 0.25) is 5.91 Å². The van der Waals surface area contributed by atoms with E-state index in [0.29, 0.717) is 0 Å². The molecule has 3 rings (SSSR count). The van der Waals surface area contributed by atoms with Crippen LogP contribution in [0.2, 0.25) is 0 Å². The molecule has 1 saturated heterocycles. The quantitative estimate of drug-likeness (QED) is 0.353. The Bertz CT molecular complexity index is 977. The predicted octanol–water partition coefficient (Wildman–Crippen LogP) is 3.46. The minimum absolute atomic E-state index is 0.0348. The smallest absolute Gasteiger partial charge is 0.273 e. The van der Waals surface area contributed by atoms with Crippen molar-refractivity contribution in [3.05, 3.63) is 58.7 Å². The first-order chi connectivity index (χ1) is 14.1. The summed E-state index contributed by atoms with van der Waals surface area (Å²) >= 11 is 0. The maximum atomic E-state index is 15.0. The van der Waals surface area contributed by atoms with Gasteiger partial charge in [-0.15, -0.1) is 0 Å². The van der Waals surface area contributed by atoms with Crippen molar-refractivity contribution in [2.24, 2.45) is 5.16 Å². The van der Waals surface area contributed by atoms with Crippen LogP contribution in [0.5, 0.6) is 0 Å². The second-order valence-electron chi connectivity index (χ2n) is 7.20. The van der Waals surface area contributed by atoms with Gasteiger partial charge >= 0.3 is 0 Å². The van der Waals surface area contributed by atoms with E-state index in [9.17, 15) is 13.6 Å². The Morgan fingerprint density at radius 1 is 1.33 bits per heavy atom. The van der Waals surface area contributed by atoms with Crippen molar-refractivity contribution in [1.29, 1.82) is 0 Å². The van der Waals surface area contributed by atoms with Crippen LogP contribution in [-0.2, 0) is 11.2 Å². The lowest BCUT2D eigenvalue weighted by Gasteiger charge is -2.38. The zero-order chi connectivity index (χ0) is 22.1. The molecule has 1 aliphatic heterocycles. The van der Waals surface area contributed by atoms with Crippen LogP contribution in [0.1, 0.15) is 41.9 Å². The molecule has 0 saturated carbocycles. The van der Waals surface area contributed by atoms with Crippen LogP contribution in [-0.4, -0.2) is 50.7 Å². The van der Waals surface area contributed by atoms with E-state index in [1.54, 1.807) is 6.92 Å². The highest BCUT2D eigenvalue weighted by Crippen LogP contribution is 2.41. The summed E-state index contributed by atoms with van der Waals surface area (Å²) in [5.41, 5.74) is -0.123. The van der Waals surface area contributed by atoms with Crippen LogP contribution < -0.4 is 0 Å². The summed E-state index contributed by atoms with van der Waals surface area (Å²) in [6.07, 6.45) is 0.551. The number of nitrogens with zero attached hydrogens (tertiary/aromatic N) is 4. The van der Waals surface area contributed by atoms with Crippen molar-refractivity contribution in [3.8, 4) is 0 Å². The zero-order valence-electron chi connectivity index (χ0n) is 16.4. The molecule has 10 heteroatoms. The number of aryl methyl sites for hydroxylation is 1. The summed E-state index contributed by atoms with van der Waals surface area (Å²) in [6, 6.07) is 3.18. The second-order valence-corrected chi connectivity index (χ2v) is 7.20. The van der Waals surface area contributed by atoms with E-state index in [-0.39, 0.29) is 35.8 Å². The average Bonchev–Trinajstić information content (AvgIpc) is 2.69. The molecule has 0 bridgehead atoms. The number of rotatable bonds is 4. The number of oxime groups is 1. The van der Waals surface area contributed by atoms with Gasteiger partial charge in [-0.2, -0.15) is 0 Å². The fraction of sp³-hybridized carbons (Fsp3) is 0.400. The van der Waals surface area contributed by atoms with E-state index in [4.69, 9.17) is 5.21 Å². The molecule has 1 unspecified atom stereocenters. The highest BCUT2D eigenvalue weighted by atomic mass is 19.3. The van der Waals surface area contributed by atoms with Crippen LogP contribution in [0.4, 0.5) is 17.6 Å². The van der Waals surface area contributed by atoms with E-state index in [2.05, 4.69) is 15.1 Å². The molecule has 1 aromatic heterocycles. The maximum absolute atomic E-state index is 15.0. The third-order valence-corrected chi connectivity index (χ3v) is 5.15. The summed E-state index contributed by atoms with van der Waals surface area (Å²) in [5.74, 6) is -6.99. The lowest BCUT2D eigenvalue weighted by molar-refractivity contribution is -0.143. The van der Waals surface area contributed by atoms with Gasteiger partial charge in [0.1, 0.15) is 17.5 Å². The van der Waals surface area contributed by atoms with Crippen molar-refractivity contribution in [3.63, 3.8) is 0 Å². The molecule has 30 heavy (non-hydrogen) atoms. The van der Waals surface area contributed by atoms with Gasteiger partial charge in [0.25, 0.3) is 5.92 Å². The van der Waals surface area contributed by atoms with Crippen LogP contribution in [0.3, 0.4) is 0 Å². The van der Waals surface area contributed by atoms with Crippen molar-refractivity contribution < 1.29 is 27.6 Å². The molecule has 1 amide bonds. The van der Waals surface area contributed by atoms with Gasteiger partial charge in [0, 0.05) is 23.9 Å². The minimum atomic E-state index is -3.35. The molecule has 0 aliphatic carbocycles. The number of amides is 1. The van der Waals surface area contributed by atoms with Crippen LogP contribution in [0.15, 0.2) is 29.6 Å². The van der Waals surface area contributed by atoms with E-state index < -0.39 is 47.9 Å². The van der Waals surface area contributed by atoms with Gasteiger partial charge in [-0.1, -0.05) is 11.2 Å². The number of carbonyl (C=O) groups excluding carboxylic acids is 1. The van der Waals surface area contributed by atoms with Crippen LogP contribution in [0, 0.1) is 18.6 Å². The van der Waals surface area contributed by atoms with Gasteiger partial charge in [0.15, 0.2) is 0 Å². The number of benzene rings is 1. The number of hydrogen-bond acceptors (Lipinski definition) is 5. The Morgan fingerprint density at radius 2 is 2.00 bits per heavy atom. The number of halogens is 4. The first-order valence-corrected chi connectivity index (χ1v) is 9.25. The number of aromatic nitrogens is 2. The van der Waals surface area contributed by atoms with Crippen molar-refractivity contribution in [2.45, 2.75) is 38.5 Å². The number of piperidine rings is 1. The van der Waals surface area contributed by atoms with Crippen molar-refractivity contribution in [1.82, 2.24) is 14.9 Å². The normalized spacial score (nSPS) is 19.1. The Hall–Kier alpha value is -3.04. The maximum Gasteiger partial charge on any atom is 0.273 e. The molecule has 160 valence electrons. The highest BCUT2D eigenvalue weighted by Gasteiger charge is 2.48. The van der Waals surface area contributed by atoms with Crippen molar-refractivity contribution >= 4 is 11.6 Å². The number of likely N-dealkylation sites (tertiary alicyclic amines) is 1. The number of alkyl halides is 2. The van der Waals surface area contributed by atoms with Gasteiger partial charge in [-0.25, -0.2) is 27.5 Å². The van der Waals surface area contributed by atoms with E-state index >= 15 is 8.78 Å². The van der Waals surface area contributed by atoms with E-state index in [1.807, 2.05) is 0 Å². The lowest BCUT2D eigenvalue weighted by Crippen LogP contribution is -2.50. The molecule has 0 spiro atoms. The van der Waals surface area contributed by atoms with Gasteiger partial charge in [0.05, 0.1) is 30.3 Å². The van der Waals surface area contributed by atoms with Gasteiger partial charge in [-0.3, -0.25) is 4.79 Å². The predicted molar refractivity (Wildman–Crippen MR) is 99.7 cm³/mol. The fourth-order valence-electron chi connectivity index (χ4n) is 3.54. The number of hydrogen-bond donors (Lipinski definition) is 1. The van der Waals surface area contributed by atoms with Gasteiger partial charge < -0.3 is 10.1 Å². The molecule has 0 radical (unpaired) electrons. The van der Waals surface area contributed by atoms with Crippen LogP contribution >= 0.6 is 0 Å². The highest BCUT2D eigenvalue weighted by molar-refractivity contribution is 5.99. The monoisotopic (exact) mass is 424 g/mol. The molecule has 2 aromatic rings. The summed E-state index contributed by atoms with van der Waals surface area (Å²) in [4.78, 5) is 21.5. The average molecular weight is 424 g/mol. The molecule has 1 aliphatic rings. The molecule has 6 nitrogen and oxygen atoms in total. The molecule has 1 fully saturated rings. The summed E-state index contributed by atoms with van der Waals surface area (Å²) in [7, 11) is 0. The molecule has 1 atom stereocenters. The third-order valence-electron chi connectivity index (χ3n) is 5.15. The first-order valence-electron chi connectivity index (χ1n) is 9.25. The Balaban J connectivity index is 1.83.